The molecule has 1 aliphatic rings. The van der Waals surface area contributed by atoms with Crippen LogP contribution in [0, 0.1) is 11.6 Å². The number of nitrogens with one attached hydrogen (secondary N) is 2. The summed E-state index contributed by atoms with van der Waals surface area (Å²) in [5, 5.41) is 5.14. The van der Waals surface area contributed by atoms with Crippen molar-refractivity contribution >= 4 is 17.7 Å². The van der Waals surface area contributed by atoms with Gasteiger partial charge >= 0.3 is 0 Å². The number of para-hydroxylation sites is 1. The highest BCUT2D eigenvalue weighted by molar-refractivity contribution is 5.96. The van der Waals surface area contributed by atoms with Crippen LogP contribution in [0.15, 0.2) is 42.5 Å². The smallest absolute Gasteiger partial charge is 0.260 e. The fraction of sp³-hybridized carbons (Fsp3) is 0.375. The van der Waals surface area contributed by atoms with E-state index in [0.29, 0.717) is 23.8 Å². The molecule has 0 saturated carbocycles. The van der Waals surface area contributed by atoms with E-state index in [9.17, 15) is 23.2 Å². The molecular weight excluding hydrogens is 432 g/mol. The molecule has 3 amide bonds. The molecular formula is C24H27F2N3O4. The average Bonchev–Trinajstić information content (AvgIpc) is 3.35. The van der Waals surface area contributed by atoms with Crippen LogP contribution in [0.4, 0.5) is 8.78 Å². The zero-order valence-corrected chi connectivity index (χ0v) is 18.4. The number of benzene rings is 2. The number of rotatable bonds is 9. The SMILES string of the molecule is CCC(NC(=O)CNC(=O)c1ccc(F)cc1F)c1ccccc1OCC(=O)N1CCCC1. The minimum Gasteiger partial charge on any atom is -0.483 e. The van der Waals surface area contributed by atoms with Crippen molar-refractivity contribution < 1.29 is 27.9 Å². The molecule has 0 bridgehead atoms. The summed E-state index contributed by atoms with van der Waals surface area (Å²) in [6.45, 7) is 2.89. The van der Waals surface area contributed by atoms with Gasteiger partial charge in [-0.3, -0.25) is 14.4 Å². The maximum Gasteiger partial charge on any atom is 0.260 e. The number of hydrogen-bond acceptors (Lipinski definition) is 4. The first-order chi connectivity index (χ1) is 15.9. The monoisotopic (exact) mass is 459 g/mol. The van der Waals surface area contributed by atoms with E-state index in [1.165, 1.54) is 0 Å². The molecule has 1 fully saturated rings. The van der Waals surface area contributed by atoms with Crippen molar-refractivity contribution in [1.82, 2.24) is 15.5 Å². The standard InChI is InChI=1S/C24H27F2N3O4/c1-2-20(28-22(30)14-27-24(32)17-10-9-16(25)13-19(17)26)18-7-3-4-8-21(18)33-15-23(31)29-11-5-6-12-29/h3-4,7-10,13,20H,2,5-6,11-12,14-15H2,1H3,(H,27,32)(H,28,30). The molecule has 33 heavy (non-hydrogen) atoms. The number of ether oxygens (including phenoxy) is 1. The van der Waals surface area contributed by atoms with E-state index in [4.69, 9.17) is 4.74 Å². The van der Waals surface area contributed by atoms with Crippen molar-refractivity contribution in [2.45, 2.75) is 32.2 Å². The van der Waals surface area contributed by atoms with E-state index in [2.05, 4.69) is 10.6 Å². The van der Waals surface area contributed by atoms with Crippen LogP contribution >= 0.6 is 0 Å². The third-order valence-electron chi connectivity index (χ3n) is 5.43. The van der Waals surface area contributed by atoms with Crippen LogP contribution in [-0.2, 0) is 9.59 Å². The van der Waals surface area contributed by atoms with Gasteiger partial charge in [0.2, 0.25) is 5.91 Å². The third-order valence-corrected chi connectivity index (χ3v) is 5.43. The van der Waals surface area contributed by atoms with Gasteiger partial charge in [0.05, 0.1) is 18.2 Å². The molecule has 0 aromatic heterocycles. The zero-order valence-electron chi connectivity index (χ0n) is 18.4. The van der Waals surface area contributed by atoms with Crippen LogP contribution in [0.5, 0.6) is 5.75 Å². The van der Waals surface area contributed by atoms with Crippen LogP contribution in [0.2, 0.25) is 0 Å². The van der Waals surface area contributed by atoms with Crippen molar-refractivity contribution in [2.75, 3.05) is 26.2 Å². The van der Waals surface area contributed by atoms with E-state index in [-0.39, 0.29) is 24.6 Å². The average molecular weight is 459 g/mol. The van der Waals surface area contributed by atoms with Crippen LogP contribution in [0.25, 0.3) is 0 Å². The summed E-state index contributed by atoms with van der Waals surface area (Å²) in [6.07, 6.45) is 2.53. The van der Waals surface area contributed by atoms with Crippen LogP contribution < -0.4 is 15.4 Å². The second kappa shape index (κ2) is 11.4. The first kappa shape index (κ1) is 24.2. The Morgan fingerprint density at radius 2 is 1.82 bits per heavy atom. The van der Waals surface area contributed by atoms with Gasteiger partial charge in [0.25, 0.3) is 11.8 Å². The lowest BCUT2D eigenvalue weighted by atomic mass is 10.0. The highest BCUT2D eigenvalue weighted by Gasteiger charge is 2.21. The Balaban J connectivity index is 1.58. The lowest BCUT2D eigenvalue weighted by Gasteiger charge is -2.22. The van der Waals surface area contributed by atoms with Gasteiger partial charge in [0, 0.05) is 24.7 Å². The van der Waals surface area contributed by atoms with Crippen molar-refractivity contribution in [1.29, 1.82) is 0 Å². The lowest BCUT2D eigenvalue weighted by molar-refractivity contribution is -0.132. The van der Waals surface area contributed by atoms with Gasteiger partial charge in [-0.25, -0.2) is 8.78 Å². The van der Waals surface area contributed by atoms with E-state index >= 15 is 0 Å². The molecule has 1 heterocycles. The summed E-state index contributed by atoms with van der Waals surface area (Å²) in [5.74, 6) is -2.69. The first-order valence-electron chi connectivity index (χ1n) is 10.9. The summed E-state index contributed by atoms with van der Waals surface area (Å²) in [4.78, 5) is 38.6. The Morgan fingerprint density at radius 1 is 1.09 bits per heavy atom. The largest absolute Gasteiger partial charge is 0.483 e. The molecule has 0 aliphatic carbocycles. The highest BCUT2D eigenvalue weighted by Crippen LogP contribution is 2.27. The lowest BCUT2D eigenvalue weighted by Crippen LogP contribution is -2.39. The number of carbonyl (C=O) groups excluding carboxylic acids is 3. The summed E-state index contributed by atoms with van der Waals surface area (Å²) < 4.78 is 32.5. The van der Waals surface area contributed by atoms with Crippen LogP contribution in [0.3, 0.4) is 0 Å². The van der Waals surface area contributed by atoms with E-state index in [1.807, 2.05) is 6.92 Å². The molecule has 1 saturated heterocycles. The Bertz CT molecular complexity index is 1010. The maximum absolute atomic E-state index is 13.7. The van der Waals surface area contributed by atoms with Crippen molar-refractivity contribution in [3.63, 3.8) is 0 Å². The fourth-order valence-corrected chi connectivity index (χ4v) is 3.67. The Morgan fingerprint density at radius 3 is 2.52 bits per heavy atom. The van der Waals surface area contributed by atoms with E-state index < -0.39 is 29.5 Å². The molecule has 2 aromatic rings. The molecule has 2 N–H and O–H groups in total. The van der Waals surface area contributed by atoms with Gasteiger partial charge in [-0.1, -0.05) is 25.1 Å². The molecule has 176 valence electrons. The quantitative estimate of drug-likeness (QED) is 0.604. The molecule has 0 spiro atoms. The number of carbonyl (C=O) groups is 3. The Labute approximate surface area is 191 Å². The normalized spacial score (nSPS) is 14.0. The Hall–Kier alpha value is -3.49. The van der Waals surface area contributed by atoms with Gasteiger partial charge in [-0.05, 0) is 37.5 Å². The second-order valence-electron chi connectivity index (χ2n) is 7.75. The van der Waals surface area contributed by atoms with Gasteiger partial charge in [-0.2, -0.15) is 0 Å². The first-order valence-corrected chi connectivity index (χ1v) is 10.9. The predicted molar refractivity (Wildman–Crippen MR) is 118 cm³/mol. The molecule has 9 heteroatoms. The molecule has 7 nitrogen and oxygen atoms in total. The summed E-state index contributed by atoms with van der Waals surface area (Å²) >= 11 is 0. The molecule has 2 aromatic carbocycles. The molecule has 1 atom stereocenters. The Kier molecular flexibility index (Phi) is 8.34. The summed E-state index contributed by atoms with van der Waals surface area (Å²) in [6, 6.07) is 9.30. The van der Waals surface area contributed by atoms with Gasteiger partial charge in [-0.15, -0.1) is 0 Å². The van der Waals surface area contributed by atoms with E-state index in [0.717, 1.165) is 38.1 Å². The third kappa shape index (κ3) is 6.50. The van der Waals surface area contributed by atoms with Gasteiger partial charge in [0.15, 0.2) is 6.61 Å². The predicted octanol–water partition coefficient (Wildman–Crippen LogP) is 2.96. The van der Waals surface area contributed by atoms with E-state index in [1.54, 1.807) is 29.2 Å². The second-order valence-corrected chi connectivity index (χ2v) is 7.75. The molecule has 3 rings (SSSR count). The number of hydrogen-bond donors (Lipinski definition) is 2. The van der Waals surface area contributed by atoms with Crippen LogP contribution in [-0.4, -0.2) is 48.9 Å². The molecule has 0 radical (unpaired) electrons. The molecule has 1 aliphatic heterocycles. The van der Waals surface area contributed by atoms with Crippen molar-refractivity contribution in [2.24, 2.45) is 0 Å². The number of likely N-dealkylation sites (tertiary alicyclic amines) is 1. The summed E-state index contributed by atoms with van der Waals surface area (Å²) in [5.41, 5.74) is 0.358. The highest BCUT2D eigenvalue weighted by atomic mass is 19.1. The minimum atomic E-state index is -1.01. The number of halogens is 2. The number of amides is 3. The number of nitrogens with zero attached hydrogens (tertiary/aromatic N) is 1. The van der Waals surface area contributed by atoms with Gasteiger partial charge < -0.3 is 20.3 Å². The topological polar surface area (TPSA) is 87.7 Å². The fourth-order valence-electron chi connectivity index (χ4n) is 3.67. The maximum atomic E-state index is 13.7. The van der Waals surface area contributed by atoms with Crippen molar-refractivity contribution in [3.8, 4) is 5.75 Å². The zero-order chi connectivity index (χ0) is 23.8. The van der Waals surface area contributed by atoms with Gasteiger partial charge in [0.1, 0.15) is 17.4 Å². The van der Waals surface area contributed by atoms with Crippen LogP contribution in [0.1, 0.15) is 48.1 Å². The van der Waals surface area contributed by atoms with Crippen molar-refractivity contribution in [3.05, 3.63) is 65.2 Å². The summed E-state index contributed by atoms with van der Waals surface area (Å²) in [7, 11) is 0. The molecule has 1 unspecified atom stereocenters. The minimum absolute atomic E-state index is 0.0740.